The third-order valence-corrected chi connectivity index (χ3v) is 8.67. The van der Waals surface area contributed by atoms with Gasteiger partial charge in [-0.1, -0.05) is 83.3 Å². The van der Waals surface area contributed by atoms with Crippen molar-refractivity contribution in [1.29, 1.82) is 0 Å². The summed E-state index contributed by atoms with van der Waals surface area (Å²) in [5.74, 6) is 0.0957. The SMILES string of the molecule is CCCCCCCC/C=C\CCCCCCCC(=O)NCCCCCCOC1C(O[PH](=O)O)[C@@H](CO)O[C@H]1n1ccc(=O)[nH]c1=O. The molecule has 3 unspecified atom stereocenters. The van der Waals surface area contributed by atoms with Gasteiger partial charge >= 0.3 is 13.9 Å². The molecule has 12 nitrogen and oxygen atoms in total. The molecule has 0 bridgehead atoms. The maximum atomic E-state index is 12.3. The van der Waals surface area contributed by atoms with Crippen LogP contribution in [-0.4, -0.2) is 63.5 Å². The number of nitrogens with one attached hydrogen (secondary N) is 2. The first-order valence-electron chi connectivity index (χ1n) is 17.4. The summed E-state index contributed by atoms with van der Waals surface area (Å²) in [4.78, 5) is 47.4. The van der Waals surface area contributed by atoms with E-state index in [2.05, 4.69) is 29.4 Å². The number of aliphatic hydroxyl groups is 1. The Morgan fingerprint density at radius 1 is 0.957 bits per heavy atom. The van der Waals surface area contributed by atoms with E-state index in [1.54, 1.807) is 0 Å². The van der Waals surface area contributed by atoms with E-state index in [1.807, 2.05) is 0 Å². The summed E-state index contributed by atoms with van der Waals surface area (Å²) in [5.41, 5.74) is -1.32. The summed E-state index contributed by atoms with van der Waals surface area (Å²) in [7, 11) is -3.39. The van der Waals surface area contributed by atoms with Gasteiger partial charge < -0.3 is 29.3 Å². The van der Waals surface area contributed by atoms with E-state index in [9.17, 15) is 28.9 Å². The molecule has 1 aromatic rings. The van der Waals surface area contributed by atoms with Crippen molar-refractivity contribution >= 4 is 14.2 Å². The Kier molecular flexibility index (Phi) is 21.8. The first kappa shape index (κ1) is 40.1. The van der Waals surface area contributed by atoms with E-state index in [4.69, 9.17) is 14.0 Å². The number of carbonyl (C=O) groups is 1. The first-order chi connectivity index (χ1) is 22.4. The Bertz CT molecular complexity index is 1130. The number of aromatic amines is 1. The molecule has 1 saturated heterocycles. The molecular formula is C33H58N3O9P. The maximum absolute atomic E-state index is 12.3. The number of nitrogens with zero attached hydrogens (tertiary/aromatic N) is 1. The average molecular weight is 672 g/mol. The van der Waals surface area contributed by atoms with Crippen LogP contribution >= 0.6 is 8.25 Å². The van der Waals surface area contributed by atoms with Crippen molar-refractivity contribution in [2.75, 3.05) is 19.8 Å². The number of amides is 1. The summed E-state index contributed by atoms with van der Waals surface area (Å²) >= 11 is 0. The van der Waals surface area contributed by atoms with E-state index >= 15 is 0 Å². The van der Waals surface area contributed by atoms with Crippen molar-refractivity contribution in [3.63, 3.8) is 0 Å². The highest BCUT2D eigenvalue weighted by molar-refractivity contribution is 7.32. The lowest BCUT2D eigenvalue weighted by molar-refractivity contribution is -0.121. The molecule has 1 amide bonds. The van der Waals surface area contributed by atoms with Crippen LogP contribution in [0.1, 0.15) is 129 Å². The van der Waals surface area contributed by atoms with E-state index in [0.29, 0.717) is 19.4 Å². The van der Waals surface area contributed by atoms with Crippen molar-refractivity contribution in [1.82, 2.24) is 14.9 Å². The van der Waals surface area contributed by atoms with Crippen LogP contribution in [0.3, 0.4) is 0 Å². The molecule has 264 valence electrons. The molecule has 2 heterocycles. The predicted molar refractivity (Wildman–Crippen MR) is 179 cm³/mol. The number of hydrogen-bond acceptors (Lipinski definition) is 8. The van der Waals surface area contributed by atoms with Gasteiger partial charge in [0.05, 0.1) is 6.61 Å². The van der Waals surface area contributed by atoms with Crippen LogP contribution in [0.4, 0.5) is 0 Å². The molecule has 13 heteroatoms. The molecular weight excluding hydrogens is 613 g/mol. The minimum Gasteiger partial charge on any atom is -0.394 e. The minimum atomic E-state index is -3.39. The molecule has 1 aliphatic rings. The van der Waals surface area contributed by atoms with Crippen LogP contribution < -0.4 is 16.6 Å². The fraction of sp³-hybridized carbons (Fsp3) is 0.788. The van der Waals surface area contributed by atoms with Gasteiger partial charge in [-0.15, -0.1) is 0 Å². The summed E-state index contributed by atoms with van der Waals surface area (Å²) in [6, 6.07) is 1.15. The smallest absolute Gasteiger partial charge is 0.330 e. The monoisotopic (exact) mass is 671 g/mol. The number of carbonyl (C=O) groups excluding carboxylic acids is 1. The lowest BCUT2D eigenvalue weighted by Gasteiger charge is -2.24. The second-order valence-electron chi connectivity index (χ2n) is 12.0. The summed E-state index contributed by atoms with van der Waals surface area (Å²) in [6.45, 7) is 2.62. The van der Waals surface area contributed by atoms with Crippen LogP contribution in [-0.2, 0) is 23.4 Å². The number of rotatable bonds is 27. The first-order valence-corrected chi connectivity index (χ1v) is 18.6. The van der Waals surface area contributed by atoms with Gasteiger partial charge in [0.1, 0.15) is 18.3 Å². The number of ether oxygens (including phenoxy) is 2. The van der Waals surface area contributed by atoms with Gasteiger partial charge in [-0.05, 0) is 44.9 Å². The zero-order chi connectivity index (χ0) is 33.4. The highest BCUT2D eigenvalue weighted by Gasteiger charge is 2.48. The lowest BCUT2D eigenvalue weighted by Crippen LogP contribution is -2.40. The average Bonchev–Trinajstić information content (AvgIpc) is 3.36. The minimum absolute atomic E-state index is 0.0957. The maximum Gasteiger partial charge on any atom is 0.330 e. The number of unbranched alkanes of at least 4 members (excludes halogenated alkanes) is 14. The zero-order valence-corrected chi connectivity index (χ0v) is 28.7. The number of allylic oxidation sites excluding steroid dienone is 2. The van der Waals surface area contributed by atoms with Gasteiger partial charge in [0, 0.05) is 31.8 Å². The van der Waals surface area contributed by atoms with Crippen molar-refractivity contribution in [3.05, 3.63) is 45.3 Å². The molecule has 1 aliphatic heterocycles. The third kappa shape index (κ3) is 16.7. The van der Waals surface area contributed by atoms with Gasteiger partial charge in [-0.25, -0.2) is 4.79 Å². The van der Waals surface area contributed by atoms with E-state index in [0.717, 1.165) is 49.2 Å². The fourth-order valence-corrected chi connectivity index (χ4v) is 6.13. The Morgan fingerprint density at radius 3 is 2.24 bits per heavy atom. The Labute approximate surface area is 274 Å². The largest absolute Gasteiger partial charge is 0.394 e. The normalized spacial score (nSPS) is 20.4. The second-order valence-corrected chi connectivity index (χ2v) is 12.8. The number of aromatic nitrogens is 2. The topological polar surface area (TPSA) is 169 Å². The van der Waals surface area contributed by atoms with Crippen LogP contribution in [0, 0.1) is 0 Å². The predicted octanol–water partition coefficient (Wildman–Crippen LogP) is 5.29. The quantitative estimate of drug-likeness (QED) is 0.0551. The molecule has 5 atom stereocenters. The van der Waals surface area contributed by atoms with Gasteiger partial charge in [-0.3, -0.25) is 23.7 Å². The zero-order valence-electron chi connectivity index (χ0n) is 27.7. The molecule has 4 N–H and O–H groups in total. The fourth-order valence-electron chi connectivity index (χ4n) is 5.62. The molecule has 1 fully saturated rings. The lowest BCUT2D eigenvalue weighted by atomic mass is 10.1. The molecule has 1 aromatic heterocycles. The molecule has 2 rings (SSSR count). The molecule has 0 radical (unpaired) electrons. The summed E-state index contributed by atoms with van der Waals surface area (Å²) < 4.78 is 29.3. The number of aliphatic hydroxyl groups excluding tert-OH is 1. The van der Waals surface area contributed by atoms with Crippen molar-refractivity contribution in [2.24, 2.45) is 0 Å². The van der Waals surface area contributed by atoms with Gasteiger partial charge in [0.15, 0.2) is 6.23 Å². The third-order valence-electron chi connectivity index (χ3n) is 8.20. The molecule has 46 heavy (non-hydrogen) atoms. The highest BCUT2D eigenvalue weighted by atomic mass is 31.1. The van der Waals surface area contributed by atoms with Crippen LogP contribution in [0.5, 0.6) is 0 Å². The molecule has 0 saturated carbocycles. The van der Waals surface area contributed by atoms with Crippen LogP contribution in [0.2, 0.25) is 0 Å². The Hall–Kier alpha value is -2.08. The second kappa shape index (κ2) is 25.0. The standard InChI is InChI=1S/C33H58N3O9P/c1-2-3-4-5-6-7-8-9-10-11-12-13-14-15-18-21-28(38)34-23-19-16-17-20-25-43-31-30(45-46(41)42)27(26-37)44-32(31)36-24-22-29(39)35-33(36)40/h9-10,22,24,27,30-32,37,46H,2-8,11-21,23,25-26H2,1H3,(H,34,38)(H,41,42)(H,35,39,40)/b10-9-/t27-,30?,31?,32-/m1/s1. The summed E-state index contributed by atoms with van der Waals surface area (Å²) in [6.07, 6.45) is 21.6. The van der Waals surface area contributed by atoms with Crippen LogP contribution in [0.25, 0.3) is 0 Å². The summed E-state index contributed by atoms with van der Waals surface area (Å²) in [5, 5.41) is 12.7. The van der Waals surface area contributed by atoms with Gasteiger partial charge in [0.25, 0.3) is 5.56 Å². The van der Waals surface area contributed by atoms with E-state index in [-0.39, 0.29) is 12.5 Å². The van der Waals surface area contributed by atoms with Crippen molar-refractivity contribution in [2.45, 2.75) is 147 Å². The van der Waals surface area contributed by atoms with E-state index in [1.165, 1.54) is 70.4 Å². The van der Waals surface area contributed by atoms with Gasteiger partial charge in [-0.2, -0.15) is 0 Å². The molecule has 0 aliphatic carbocycles. The molecule has 0 aromatic carbocycles. The van der Waals surface area contributed by atoms with Crippen molar-refractivity contribution < 1.29 is 33.4 Å². The highest BCUT2D eigenvalue weighted by Crippen LogP contribution is 2.37. The van der Waals surface area contributed by atoms with Crippen molar-refractivity contribution in [3.8, 4) is 0 Å². The number of hydrogen-bond donors (Lipinski definition) is 4. The number of H-pyrrole nitrogens is 1. The Balaban J connectivity index is 1.52. The van der Waals surface area contributed by atoms with E-state index < -0.39 is 50.7 Å². The van der Waals surface area contributed by atoms with Gasteiger partial charge in [0.2, 0.25) is 5.91 Å². The Morgan fingerprint density at radius 2 is 1.59 bits per heavy atom. The molecule has 0 spiro atoms. The van der Waals surface area contributed by atoms with Crippen LogP contribution in [0.15, 0.2) is 34.0 Å².